The second kappa shape index (κ2) is 16.2. The average molecular weight is 407 g/mol. The number of carboxylic acids is 2. The van der Waals surface area contributed by atoms with Gasteiger partial charge in [-0.1, -0.05) is 80.8 Å². The Hall–Kier alpha value is -1.00. The van der Waals surface area contributed by atoms with Gasteiger partial charge in [-0.25, -0.2) is 0 Å². The van der Waals surface area contributed by atoms with Crippen LogP contribution in [0.25, 0.3) is 0 Å². The van der Waals surface area contributed by atoms with Crippen molar-refractivity contribution in [1.82, 2.24) is 0 Å². The lowest BCUT2D eigenvalue weighted by atomic mass is 9.91. The van der Waals surface area contributed by atoms with Gasteiger partial charge in [0.25, 0.3) is 0 Å². The molecule has 0 amide bonds. The van der Waals surface area contributed by atoms with E-state index < -0.39 is 17.9 Å². The van der Waals surface area contributed by atoms with Crippen LogP contribution in [0.1, 0.15) is 77.6 Å². The van der Waals surface area contributed by atoms with Crippen molar-refractivity contribution in [2.45, 2.75) is 77.6 Å². The molecule has 4 nitrogen and oxygen atoms in total. The maximum Gasteiger partial charge on any atom is 0.306 e. The molecular weight excluding hydrogens is 375 g/mol. The Labute approximate surface area is 167 Å². The van der Waals surface area contributed by atoms with Crippen LogP contribution in [-0.4, -0.2) is 22.2 Å². The van der Waals surface area contributed by atoms with E-state index in [1.165, 1.54) is 18.9 Å². The molecule has 0 aliphatic carbocycles. The van der Waals surface area contributed by atoms with E-state index in [1.54, 1.807) is 6.08 Å². The van der Waals surface area contributed by atoms with Gasteiger partial charge >= 0.3 is 11.9 Å². The zero-order valence-corrected chi connectivity index (χ0v) is 17.1. The Morgan fingerprint density at radius 2 is 1.38 bits per heavy atom. The summed E-state index contributed by atoms with van der Waals surface area (Å²) in [6, 6.07) is 0. The van der Waals surface area contributed by atoms with E-state index >= 15 is 0 Å². The zero-order chi connectivity index (χ0) is 19.8. The van der Waals surface area contributed by atoms with Gasteiger partial charge in [-0.3, -0.25) is 9.59 Å². The maximum absolute atomic E-state index is 11.4. The molecule has 0 aromatic rings. The van der Waals surface area contributed by atoms with E-state index in [0.29, 0.717) is 38.5 Å². The molecule has 6 heteroatoms. The Morgan fingerprint density at radius 1 is 0.846 bits per heavy atom. The fraction of sp³-hybridized carbons (Fsp3) is 0.700. The van der Waals surface area contributed by atoms with Crippen molar-refractivity contribution in [3.05, 3.63) is 22.7 Å². The summed E-state index contributed by atoms with van der Waals surface area (Å²) in [5.74, 6) is -2.40. The first kappa shape index (κ1) is 25.0. The zero-order valence-electron chi connectivity index (χ0n) is 15.6. The van der Waals surface area contributed by atoms with Gasteiger partial charge in [0, 0.05) is 0 Å². The Morgan fingerprint density at radius 3 is 1.92 bits per heavy atom. The number of carboxylic acid groups (broad SMARTS) is 2. The number of aliphatic carboxylic acids is 2. The van der Waals surface area contributed by atoms with Gasteiger partial charge in [0.2, 0.25) is 0 Å². The van der Waals surface area contributed by atoms with Gasteiger partial charge in [0.15, 0.2) is 0 Å². The number of rotatable bonds is 16. The third kappa shape index (κ3) is 14.2. The van der Waals surface area contributed by atoms with Crippen LogP contribution in [0.3, 0.4) is 0 Å². The first-order chi connectivity index (χ1) is 12.4. The van der Waals surface area contributed by atoms with Crippen LogP contribution in [0.15, 0.2) is 22.7 Å². The van der Waals surface area contributed by atoms with E-state index in [1.807, 2.05) is 6.08 Å². The van der Waals surface area contributed by atoms with Crippen LogP contribution >= 0.6 is 23.2 Å². The molecule has 0 radical (unpaired) electrons. The molecule has 0 aliphatic rings. The summed E-state index contributed by atoms with van der Waals surface area (Å²) in [6.45, 7) is 2.15. The lowest BCUT2D eigenvalue weighted by Crippen LogP contribution is -2.17. The minimum Gasteiger partial charge on any atom is -0.481 e. The fourth-order valence-corrected chi connectivity index (χ4v) is 3.07. The molecule has 0 saturated heterocycles. The summed E-state index contributed by atoms with van der Waals surface area (Å²) < 4.78 is 0.158. The van der Waals surface area contributed by atoms with Crippen LogP contribution < -0.4 is 0 Å². The Kier molecular flexibility index (Phi) is 15.6. The normalized spacial score (nSPS) is 13.5. The topological polar surface area (TPSA) is 74.6 Å². The highest BCUT2D eigenvalue weighted by Gasteiger charge is 2.20. The highest BCUT2D eigenvalue weighted by atomic mass is 35.5. The number of unbranched alkanes of at least 4 members (excludes halogenated alkanes) is 4. The highest BCUT2D eigenvalue weighted by Crippen LogP contribution is 2.22. The maximum atomic E-state index is 11.4. The van der Waals surface area contributed by atoms with Crippen molar-refractivity contribution in [3.63, 3.8) is 0 Å². The molecule has 0 aromatic heterocycles. The summed E-state index contributed by atoms with van der Waals surface area (Å²) in [6.07, 6.45) is 14.1. The number of halogens is 2. The highest BCUT2D eigenvalue weighted by molar-refractivity contribution is 6.55. The molecule has 0 spiro atoms. The standard InChI is InChI=1S/C20H32Cl2O4/c1-2-3-4-5-7-11-16(19(23)24)13-10-14-17(20(25)26)12-8-6-9-15-18(21)22/h6,9,15-17H,2-5,7-8,10-14H2,1H3,(H,23,24)(H,25,26). The number of hydrogen-bond donors (Lipinski definition) is 2. The van der Waals surface area contributed by atoms with E-state index in [2.05, 4.69) is 6.92 Å². The first-order valence-electron chi connectivity index (χ1n) is 9.51. The summed E-state index contributed by atoms with van der Waals surface area (Å²) in [5, 5.41) is 18.7. The van der Waals surface area contributed by atoms with Crippen molar-refractivity contribution in [2.24, 2.45) is 11.8 Å². The second-order valence-electron chi connectivity index (χ2n) is 6.67. The smallest absolute Gasteiger partial charge is 0.306 e. The molecule has 0 heterocycles. The van der Waals surface area contributed by atoms with Crippen molar-refractivity contribution >= 4 is 35.1 Å². The van der Waals surface area contributed by atoms with E-state index in [0.717, 1.165) is 19.3 Å². The van der Waals surface area contributed by atoms with E-state index in [-0.39, 0.29) is 10.4 Å². The molecule has 0 aliphatic heterocycles. The summed E-state index contributed by atoms with van der Waals surface area (Å²) in [4.78, 5) is 22.7. The van der Waals surface area contributed by atoms with Crippen LogP contribution in [0.2, 0.25) is 0 Å². The van der Waals surface area contributed by atoms with Crippen LogP contribution in [-0.2, 0) is 9.59 Å². The average Bonchev–Trinajstić information content (AvgIpc) is 2.57. The molecule has 2 unspecified atom stereocenters. The number of carbonyl (C=O) groups is 2. The van der Waals surface area contributed by atoms with Gasteiger partial charge in [0.05, 0.1) is 11.8 Å². The van der Waals surface area contributed by atoms with Crippen molar-refractivity contribution in [3.8, 4) is 0 Å². The second-order valence-corrected chi connectivity index (χ2v) is 7.67. The van der Waals surface area contributed by atoms with Gasteiger partial charge in [-0.2, -0.15) is 0 Å². The Bertz CT molecular complexity index is 457. The van der Waals surface area contributed by atoms with Crippen molar-refractivity contribution < 1.29 is 19.8 Å². The third-order valence-corrected chi connectivity index (χ3v) is 4.75. The molecule has 0 aromatic carbocycles. The summed E-state index contributed by atoms with van der Waals surface area (Å²) in [7, 11) is 0. The molecule has 150 valence electrons. The molecule has 2 atom stereocenters. The summed E-state index contributed by atoms with van der Waals surface area (Å²) >= 11 is 11.0. The lowest BCUT2D eigenvalue weighted by Gasteiger charge is -2.15. The Balaban J connectivity index is 4.19. The molecule has 2 N–H and O–H groups in total. The predicted molar refractivity (Wildman–Crippen MR) is 108 cm³/mol. The first-order valence-corrected chi connectivity index (χ1v) is 10.3. The molecule has 0 saturated carbocycles. The summed E-state index contributed by atoms with van der Waals surface area (Å²) in [5.41, 5.74) is 0. The van der Waals surface area contributed by atoms with Crippen molar-refractivity contribution in [1.29, 1.82) is 0 Å². The van der Waals surface area contributed by atoms with Crippen LogP contribution in [0.4, 0.5) is 0 Å². The fourth-order valence-electron chi connectivity index (χ4n) is 2.92. The molecule has 0 rings (SSSR count). The van der Waals surface area contributed by atoms with Crippen LogP contribution in [0.5, 0.6) is 0 Å². The SMILES string of the molecule is CCCCCCCC(CCCC(CCC=CC=C(Cl)Cl)C(=O)O)C(=O)O. The molecular formula is C20H32Cl2O4. The van der Waals surface area contributed by atoms with E-state index in [9.17, 15) is 19.8 Å². The molecule has 0 bridgehead atoms. The number of allylic oxidation sites excluding steroid dienone is 3. The van der Waals surface area contributed by atoms with Crippen molar-refractivity contribution in [2.75, 3.05) is 0 Å². The van der Waals surface area contributed by atoms with Gasteiger partial charge in [-0.15, -0.1) is 0 Å². The van der Waals surface area contributed by atoms with Gasteiger partial charge in [0.1, 0.15) is 4.49 Å². The molecule has 26 heavy (non-hydrogen) atoms. The largest absolute Gasteiger partial charge is 0.481 e. The van der Waals surface area contributed by atoms with E-state index in [4.69, 9.17) is 23.2 Å². The van der Waals surface area contributed by atoms with Gasteiger partial charge in [-0.05, 0) is 38.2 Å². The van der Waals surface area contributed by atoms with Gasteiger partial charge < -0.3 is 10.2 Å². The lowest BCUT2D eigenvalue weighted by molar-refractivity contribution is -0.142. The minimum absolute atomic E-state index is 0.158. The monoisotopic (exact) mass is 406 g/mol. The quantitative estimate of drug-likeness (QED) is 0.224. The van der Waals surface area contributed by atoms with Crippen LogP contribution in [0, 0.1) is 11.8 Å². The third-order valence-electron chi connectivity index (χ3n) is 4.50. The molecule has 0 fully saturated rings. The number of hydrogen-bond acceptors (Lipinski definition) is 2. The minimum atomic E-state index is -0.823. The predicted octanol–water partition coefficient (Wildman–Crippen LogP) is 6.57.